The Bertz CT molecular complexity index is 765. The average molecular weight is 338 g/mol. The van der Waals surface area contributed by atoms with E-state index in [1.807, 2.05) is 38.4 Å². The summed E-state index contributed by atoms with van der Waals surface area (Å²) in [5.74, 6) is 0.461. The third-order valence-electron chi connectivity index (χ3n) is 3.54. The number of hydrogen-bond acceptors (Lipinski definition) is 4. The van der Waals surface area contributed by atoms with Crippen LogP contribution in [0, 0.1) is 0 Å². The lowest BCUT2D eigenvalue weighted by Gasteiger charge is -2.07. The fraction of sp³-hybridized carbons (Fsp3) is 0.200. The summed E-state index contributed by atoms with van der Waals surface area (Å²) in [5.41, 5.74) is 2.01. The molecule has 25 heavy (non-hydrogen) atoms. The zero-order chi connectivity index (χ0) is 18.2. The van der Waals surface area contributed by atoms with Crippen LogP contribution < -0.4 is 10.1 Å². The van der Waals surface area contributed by atoms with Gasteiger partial charge in [0.05, 0.1) is 7.11 Å². The van der Waals surface area contributed by atoms with Crippen LogP contribution in [0.15, 0.2) is 60.8 Å². The first-order valence-corrected chi connectivity index (χ1v) is 7.90. The Morgan fingerprint density at radius 1 is 1.08 bits per heavy atom. The van der Waals surface area contributed by atoms with Gasteiger partial charge >= 0.3 is 0 Å². The van der Waals surface area contributed by atoms with Gasteiger partial charge in [-0.25, -0.2) is 0 Å². The SMILES string of the molecule is COc1cccc(CNC(=O)c2ccc(C(=O)/C=C/N(C)C)cc2)c1. The van der Waals surface area contributed by atoms with Crippen LogP contribution in [0.2, 0.25) is 0 Å². The maximum Gasteiger partial charge on any atom is 0.251 e. The number of hydrogen-bond donors (Lipinski definition) is 1. The molecule has 0 saturated heterocycles. The molecule has 0 fully saturated rings. The van der Waals surface area contributed by atoms with Crippen molar-refractivity contribution in [3.8, 4) is 5.75 Å². The Kier molecular flexibility index (Phi) is 6.34. The fourth-order valence-corrected chi connectivity index (χ4v) is 2.17. The zero-order valence-electron chi connectivity index (χ0n) is 14.7. The zero-order valence-corrected chi connectivity index (χ0v) is 14.7. The molecule has 5 heteroatoms. The molecular weight excluding hydrogens is 316 g/mol. The first-order valence-electron chi connectivity index (χ1n) is 7.90. The van der Waals surface area contributed by atoms with Gasteiger partial charge in [-0.15, -0.1) is 0 Å². The van der Waals surface area contributed by atoms with Crippen LogP contribution in [0.25, 0.3) is 0 Å². The van der Waals surface area contributed by atoms with Crippen molar-refractivity contribution in [1.82, 2.24) is 10.2 Å². The Morgan fingerprint density at radius 3 is 2.40 bits per heavy atom. The van der Waals surface area contributed by atoms with E-state index in [2.05, 4.69) is 5.32 Å². The highest BCUT2D eigenvalue weighted by atomic mass is 16.5. The van der Waals surface area contributed by atoms with E-state index in [1.54, 1.807) is 42.5 Å². The lowest BCUT2D eigenvalue weighted by molar-refractivity contribution is 0.0949. The molecule has 0 atom stereocenters. The van der Waals surface area contributed by atoms with E-state index < -0.39 is 0 Å². The number of ether oxygens (including phenoxy) is 1. The molecule has 2 aromatic carbocycles. The normalized spacial score (nSPS) is 10.5. The van der Waals surface area contributed by atoms with Gasteiger partial charge in [0.15, 0.2) is 5.78 Å². The van der Waals surface area contributed by atoms with Gasteiger partial charge in [0.25, 0.3) is 5.91 Å². The number of amides is 1. The van der Waals surface area contributed by atoms with Gasteiger partial charge in [-0.2, -0.15) is 0 Å². The number of nitrogens with one attached hydrogen (secondary N) is 1. The third kappa shape index (κ3) is 5.49. The van der Waals surface area contributed by atoms with E-state index in [9.17, 15) is 9.59 Å². The third-order valence-corrected chi connectivity index (χ3v) is 3.54. The van der Waals surface area contributed by atoms with Gasteiger partial charge in [-0.05, 0) is 29.8 Å². The molecule has 2 rings (SSSR count). The molecule has 0 aliphatic heterocycles. The molecule has 0 aliphatic carbocycles. The van der Waals surface area contributed by atoms with Crippen LogP contribution in [0.3, 0.4) is 0 Å². The molecular formula is C20H22N2O3. The van der Waals surface area contributed by atoms with E-state index in [0.717, 1.165) is 11.3 Å². The minimum Gasteiger partial charge on any atom is -0.497 e. The minimum absolute atomic E-state index is 0.1000. The Balaban J connectivity index is 1.97. The number of carbonyl (C=O) groups is 2. The summed E-state index contributed by atoms with van der Waals surface area (Å²) in [6, 6.07) is 14.1. The van der Waals surface area contributed by atoms with Gasteiger partial charge < -0.3 is 15.0 Å². The molecule has 0 unspecified atom stereocenters. The monoisotopic (exact) mass is 338 g/mol. The van der Waals surface area contributed by atoms with Crippen LogP contribution in [-0.2, 0) is 6.54 Å². The van der Waals surface area contributed by atoms with Crippen molar-refractivity contribution in [3.63, 3.8) is 0 Å². The van der Waals surface area contributed by atoms with Crippen molar-refractivity contribution in [3.05, 3.63) is 77.5 Å². The van der Waals surface area contributed by atoms with E-state index in [4.69, 9.17) is 4.74 Å². The van der Waals surface area contributed by atoms with E-state index in [0.29, 0.717) is 17.7 Å². The van der Waals surface area contributed by atoms with Crippen molar-refractivity contribution >= 4 is 11.7 Å². The number of rotatable bonds is 7. The molecule has 0 bridgehead atoms. The van der Waals surface area contributed by atoms with E-state index in [1.165, 1.54) is 6.08 Å². The second-order valence-electron chi connectivity index (χ2n) is 5.76. The smallest absolute Gasteiger partial charge is 0.251 e. The fourth-order valence-electron chi connectivity index (χ4n) is 2.17. The molecule has 0 aromatic heterocycles. The molecule has 0 radical (unpaired) electrons. The summed E-state index contributed by atoms with van der Waals surface area (Å²) in [7, 11) is 5.30. The second kappa shape index (κ2) is 8.68. The molecule has 1 N–H and O–H groups in total. The van der Waals surface area contributed by atoms with Crippen molar-refractivity contribution in [2.45, 2.75) is 6.54 Å². The number of allylic oxidation sites excluding steroid dienone is 1. The van der Waals surface area contributed by atoms with E-state index >= 15 is 0 Å². The Morgan fingerprint density at radius 2 is 1.76 bits per heavy atom. The summed E-state index contributed by atoms with van der Waals surface area (Å²) in [6.07, 6.45) is 3.19. The Hall–Kier alpha value is -3.08. The quantitative estimate of drug-likeness (QED) is 0.623. The van der Waals surface area contributed by atoms with Gasteiger partial charge in [0.2, 0.25) is 0 Å². The molecule has 0 saturated carbocycles. The summed E-state index contributed by atoms with van der Waals surface area (Å²) < 4.78 is 5.16. The predicted molar refractivity (Wildman–Crippen MR) is 97.8 cm³/mol. The van der Waals surface area contributed by atoms with Gasteiger partial charge in [0, 0.05) is 44.0 Å². The highest BCUT2D eigenvalue weighted by Gasteiger charge is 2.08. The first-order chi connectivity index (χ1) is 12.0. The molecule has 0 aliphatic rings. The molecule has 0 heterocycles. The van der Waals surface area contributed by atoms with Crippen molar-refractivity contribution in [1.29, 1.82) is 0 Å². The summed E-state index contributed by atoms with van der Waals surface area (Å²) in [5, 5.41) is 2.86. The van der Waals surface area contributed by atoms with Gasteiger partial charge in [0.1, 0.15) is 5.75 Å². The van der Waals surface area contributed by atoms with Crippen LogP contribution in [0.4, 0.5) is 0 Å². The highest BCUT2D eigenvalue weighted by Crippen LogP contribution is 2.12. The maximum atomic E-state index is 12.2. The lowest BCUT2D eigenvalue weighted by Crippen LogP contribution is -2.22. The average Bonchev–Trinajstić information content (AvgIpc) is 2.64. The Labute approximate surface area is 147 Å². The van der Waals surface area contributed by atoms with Crippen LogP contribution >= 0.6 is 0 Å². The number of methoxy groups -OCH3 is 1. The number of nitrogens with zero attached hydrogens (tertiary/aromatic N) is 1. The van der Waals surface area contributed by atoms with E-state index in [-0.39, 0.29) is 11.7 Å². The number of ketones is 1. The first kappa shape index (κ1) is 18.3. The summed E-state index contributed by atoms with van der Waals surface area (Å²) in [6.45, 7) is 0.405. The lowest BCUT2D eigenvalue weighted by atomic mass is 10.1. The summed E-state index contributed by atoms with van der Waals surface area (Å²) >= 11 is 0. The van der Waals surface area contributed by atoms with Crippen LogP contribution in [0.1, 0.15) is 26.3 Å². The minimum atomic E-state index is -0.189. The molecule has 1 amide bonds. The van der Waals surface area contributed by atoms with Crippen LogP contribution in [-0.4, -0.2) is 37.8 Å². The van der Waals surface area contributed by atoms with Crippen molar-refractivity contribution in [2.75, 3.05) is 21.2 Å². The number of carbonyl (C=O) groups excluding carboxylic acids is 2. The molecule has 2 aromatic rings. The second-order valence-corrected chi connectivity index (χ2v) is 5.76. The molecule has 0 spiro atoms. The maximum absolute atomic E-state index is 12.2. The highest BCUT2D eigenvalue weighted by molar-refractivity contribution is 6.05. The van der Waals surface area contributed by atoms with Gasteiger partial charge in [-0.1, -0.05) is 24.3 Å². The largest absolute Gasteiger partial charge is 0.497 e. The molecule has 130 valence electrons. The van der Waals surface area contributed by atoms with Gasteiger partial charge in [-0.3, -0.25) is 9.59 Å². The van der Waals surface area contributed by atoms with Crippen LogP contribution in [0.5, 0.6) is 5.75 Å². The molecule has 5 nitrogen and oxygen atoms in total. The number of benzene rings is 2. The van der Waals surface area contributed by atoms with Crippen molar-refractivity contribution in [2.24, 2.45) is 0 Å². The van der Waals surface area contributed by atoms with Crippen molar-refractivity contribution < 1.29 is 14.3 Å². The standard InChI is InChI=1S/C20H22N2O3/c1-22(2)12-11-19(23)16-7-9-17(10-8-16)20(24)21-14-15-5-4-6-18(13-15)25-3/h4-13H,14H2,1-3H3,(H,21,24)/b12-11+. The summed E-state index contributed by atoms with van der Waals surface area (Å²) in [4.78, 5) is 26.0. The topological polar surface area (TPSA) is 58.6 Å². The predicted octanol–water partition coefficient (Wildman–Crippen LogP) is 2.88.